The van der Waals surface area contributed by atoms with Crippen molar-refractivity contribution in [3.8, 4) is 33.4 Å². The Bertz CT molecular complexity index is 2510. The third-order valence-corrected chi connectivity index (χ3v) is 11.6. The molecular formula is C53H43N. The minimum atomic E-state index is -0.0712. The van der Waals surface area contributed by atoms with E-state index in [2.05, 4.69) is 219 Å². The Morgan fingerprint density at radius 1 is 0.426 bits per heavy atom. The van der Waals surface area contributed by atoms with Crippen molar-refractivity contribution >= 4 is 40.0 Å². The normalized spacial score (nSPS) is 12.9. The first-order valence-electron chi connectivity index (χ1n) is 19.2. The van der Waals surface area contributed by atoms with Crippen LogP contribution in [0.15, 0.2) is 188 Å². The molecule has 0 bridgehead atoms. The minimum Gasteiger partial charge on any atom is -0.310 e. The molecule has 260 valence electrons. The van der Waals surface area contributed by atoms with Crippen molar-refractivity contribution in [1.29, 1.82) is 0 Å². The second kappa shape index (κ2) is 14.2. The SMILES string of the molecule is CCC1(CC)c2cc(/C=C/c3ccc(-c4ccccc4)c4c(-c5ccccc5)cccc34)ccc2-c2ccc(N(c3ccccc3)c3ccccc3)cc21. The van der Waals surface area contributed by atoms with E-state index in [-0.39, 0.29) is 5.41 Å². The van der Waals surface area contributed by atoms with Gasteiger partial charge in [0.05, 0.1) is 0 Å². The highest BCUT2D eigenvalue weighted by Gasteiger charge is 2.41. The van der Waals surface area contributed by atoms with Gasteiger partial charge in [-0.15, -0.1) is 0 Å². The van der Waals surface area contributed by atoms with Crippen molar-refractivity contribution in [2.75, 3.05) is 4.90 Å². The monoisotopic (exact) mass is 693 g/mol. The summed E-state index contributed by atoms with van der Waals surface area (Å²) in [4.78, 5) is 2.38. The molecule has 0 aliphatic heterocycles. The Balaban J connectivity index is 1.13. The van der Waals surface area contributed by atoms with E-state index >= 15 is 0 Å². The van der Waals surface area contributed by atoms with E-state index in [9.17, 15) is 0 Å². The summed E-state index contributed by atoms with van der Waals surface area (Å²) in [5.41, 5.74) is 16.4. The van der Waals surface area contributed by atoms with E-state index in [0.717, 1.165) is 24.2 Å². The van der Waals surface area contributed by atoms with Crippen LogP contribution in [0.25, 0.3) is 56.3 Å². The fourth-order valence-corrected chi connectivity index (χ4v) is 8.83. The van der Waals surface area contributed by atoms with Crippen LogP contribution in [-0.4, -0.2) is 0 Å². The molecule has 0 N–H and O–H groups in total. The van der Waals surface area contributed by atoms with Crippen molar-refractivity contribution in [3.05, 3.63) is 210 Å². The van der Waals surface area contributed by atoms with Crippen LogP contribution in [0.5, 0.6) is 0 Å². The molecule has 0 spiro atoms. The van der Waals surface area contributed by atoms with Gasteiger partial charge in [-0.05, 0) is 116 Å². The van der Waals surface area contributed by atoms with Gasteiger partial charge in [-0.1, -0.05) is 178 Å². The average Bonchev–Trinajstić information content (AvgIpc) is 3.52. The lowest BCUT2D eigenvalue weighted by Gasteiger charge is -2.32. The highest BCUT2D eigenvalue weighted by atomic mass is 15.1. The molecular weight excluding hydrogens is 651 g/mol. The molecule has 8 aromatic carbocycles. The highest BCUT2D eigenvalue weighted by Crippen LogP contribution is 2.54. The Kier molecular flexibility index (Phi) is 8.77. The van der Waals surface area contributed by atoms with Gasteiger partial charge in [-0.25, -0.2) is 0 Å². The number of para-hydroxylation sites is 2. The molecule has 0 heterocycles. The van der Waals surface area contributed by atoms with E-state index in [1.807, 2.05) is 0 Å². The molecule has 8 aromatic rings. The summed E-state index contributed by atoms with van der Waals surface area (Å²) in [6.45, 7) is 4.71. The van der Waals surface area contributed by atoms with Crippen molar-refractivity contribution < 1.29 is 0 Å². The molecule has 0 amide bonds. The van der Waals surface area contributed by atoms with E-state index in [1.54, 1.807) is 0 Å². The van der Waals surface area contributed by atoms with Crippen LogP contribution in [0.4, 0.5) is 17.1 Å². The molecule has 1 nitrogen and oxygen atoms in total. The Morgan fingerprint density at radius 3 is 1.54 bits per heavy atom. The predicted octanol–water partition coefficient (Wildman–Crippen LogP) is 14.9. The summed E-state index contributed by atoms with van der Waals surface area (Å²) in [5, 5.41) is 2.54. The van der Waals surface area contributed by atoms with Crippen LogP contribution in [0.2, 0.25) is 0 Å². The third kappa shape index (κ3) is 5.74. The number of rotatable bonds is 9. The Hall–Kier alpha value is -6.44. The summed E-state index contributed by atoms with van der Waals surface area (Å²) in [6.07, 6.45) is 6.68. The van der Waals surface area contributed by atoms with Crippen LogP contribution in [0.1, 0.15) is 48.9 Å². The number of hydrogen-bond donors (Lipinski definition) is 0. The maximum Gasteiger partial charge on any atom is 0.0465 e. The van der Waals surface area contributed by atoms with Gasteiger partial charge in [0, 0.05) is 22.5 Å². The smallest absolute Gasteiger partial charge is 0.0465 e. The average molecular weight is 694 g/mol. The van der Waals surface area contributed by atoms with Gasteiger partial charge in [0.2, 0.25) is 0 Å². The lowest BCUT2D eigenvalue weighted by Crippen LogP contribution is -2.23. The fraction of sp³-hybridized carbons (Fsp3) is 0.0943. The zero-order chi connectivity index (χ0) is 36.5. The molecule has 0 fully saturated rings. The number of fused-ring (bicyclic) bond motifs is 4. The molecule has 1 heteroatoms. The van der Waals surface area contributed by atoms with Crippen molar-refractivity contribution in [2.24, 2.45) is 0 Å². The fourth-order valence-electron chi connectivity index (χ4n) is 8.83. The molecule has 54 heavy (non-hydrogen) atoms. The second-order valence-corrected chi connectivity index (χ2v) is 14.3. The lowest BCUT2D eigenvalue weighted by atomic mass is 9.73. The Labute approximate surface area is 319 Å². The molecule has 1 aliphatic carbocycles. The maximum absolute atomic E-state index is 2.46. The van der Waals surface area contributed by atoms with Crippen molar-refractivity contribution in [1.82, 2.24) is 0 Å². The van der Waals surface area contributed by atoms with Crippen LogP contribution in [-0.2, 0) is 5.41 Å². The minimum absolute atomic E-state index is 0.0712. The third-order valence-electron chi connectivity index (χ3n) is 11.6. The Morgan fingerprint density at radius 2 is 0.944 bits per heavy atom. The van der Waals surface area contributed by atoms with Gasteiger partial charge in [0.25, 0.3) is 0 Å². The zero-order valence-corrected chi connectivity index (χ0v) is 30.9. The number of benzene rings is 8. The maximum atomic E-state index is 2.46. The summed E-state index contributed by atoms with van der Waals surface area (Å²) in [7, 11) is 0. The van der Waals surface area contributed by atoms with Gasteiger partial charge < -0.3 is 4.90 Å². The van der Waals surface area contributed by atoms with Gasteiger partial charge >= 0.3 is 0 Å². The number of nitrogens with zero attached hydrogens (tertiary/aromatic N) is 1. The lowest BCUT2D eigenvalue weighted by molar-refractivity contribution is 0.490. The standard InChI is InChI=1S/C53H43N/c1-3-53(4-2)50-36-38(29-33-48(50)49-35-32-44(37-51(49)53)54(42-22-13-7-14-23-42)43-24-15-8-16-25-43)28-30-41-31-34-47(40-20-11-6-12-21-40)52-45(26-17-27-46(41)52)39-18-9-5-10-19-39/h5-37H,3-4H2,1-2H3/b30-28+. The summed E-state index contributed by atoms with van der Waals surface area (Å²) < 4.78 is 0. The van der Waals surface area contributed by atoms with Crippen LogP contribution in [0.3, 0.4) is 0 Å². The number of anilines is 3. The van der Waals surface area contributed by atoms with E-state index in [4.69, 9.17) is 0 Å². The van der Waals surface area contributed by atoms with E-state index in [1.165, 1.54) is 72.1 Å². The summed E-state index contributed by atoms with van der Waals surface area (Å²) >= 11 is 0. The molecule has 0 aromatic heterocycles. The molecule has 0 unspecified atom stereocenters. The van der Waals surface area contributed by atoms with E-state index in [0.29, 0.717) is 0 Å². The first kappa shape index (κ1) is 33.4. The van der Waals surface area contributed by atoms with Gasteiger partial charge in [0.15, 0.2) is 0 Å². The summed E-state index contributed by atoms with van der Waals surface area (Å²) in [5.74, 6) is 0. The topological polar surface area (TPSA) is 3.24 Å². The van der Waals surface area contributed by atoms with Crippen molar-refractivity contribution in [2.45, 2.75) is 32.1 Å². The van der Waals surface area contributed by atoms with Crippen LogP contribution >= 0.6 is 0 Å². The number of hydrogen-bond acceptors (Lipinski definition) is 1. The largest absolute Gasteiger partial charge is 0.310 e. The quantitative estimate of drug-likeness (QED) is 0.136. The van der Waals surface area contributed by atoms with Crippen LogP contribution < -0.4 is 4.90 Å². The summed E-state index contributed by atoms with van der Waals surface area (Å²) in [6, 6.07) is 68.5. The van der Waals surface area contributed by atoms with E-state index < -0.39 is 0 Å². The second-order valence-electron chi connectivity index (χ2n) is 14.3. The molecule has 0 atom stereocenters. The molecule has 1 aliphatic rings. The first-order chi connectivity index (χ1) is 26.7. The van der Waals surface area contributed by atoms with Gasteiger partial charge in [0.1, 0.15) is 0 Å². The zero-order valence-electron chi connectivity index (χ0n) is 30.9. The van der Waals surface area contributed by atoms with Gasteiger partial charge in [-0.2, -0.15) is 0 Å². The highest BCUT2D eigenvalue weighted by molar-refractivity contribution is 6.10. The predicted molar refractivity (Wildman–Crippen MR) is 232 cm³/mol. The van der Waals surface area contributed by atoms with Crippen LogP contribution in [0, 0.1) is 0 Å². The first-order valence-corrected chi connectivity index (χ1v) is 19.2. The molecule has 0 saturated carbocycles. The van der Waals surface area contributed by atoms with Gasteiger partial charge in [-0.3, -0.25) is 0 Å². The molecule has 0 saturated heterocycles. The van der Waals surface area contributed by atoms with Crippen molar-refractivity contribution in [3.63, 3.8) is 0 Å². The molecule has 9 rings (SSSR count). The molecule has 0 radical (unpaired) electrons.